The molecule has 5 nitrogen and oxygen atoms in total. The van der Waals surface area contributed by atoms with E-state index in [-0.39, 0.29) is 11.5 Å². The van der Waals surface area contributed by atoms with Gasteiger partial charge in [-0.25, -0.2) is 0 Å². The minimum Gasteiger partial charge on any atom is -0.508 e. The summed E-state index contributed by atoms with van der Waals surface area (Å²) in [5.41, 5.74) is 0.717. The smallest absolute Gasteiger partial charge is 0.198 e. The van der Waals surface area contributed by atoms with Crippen molar-refractivity contribution in [3.63, 3.8) is 0 Å². The van der Waals surface area contributed by atoms with Crippen molar-refractivity contribution in [3.05, 3.63) is 51.9 Å². The first-order chi connectivity index (χ1) is 12.0. The van der Waals surface area contributed by atoms with E-state index in [4.69, 9.17) is 16.3 Å². The molecular weight excluding hydrogens is 352 g/mol. The van der Waals surface area contributed by atoms with E-state index < -0.39 is 11.2 Å². The number of rotatable bonds is 2. The molecule has 0 atom stereocenters. The Morgan fingerprint density at radius 3 is 2.54 bits per heavy atom. The highest BCUT2D eigenvalue weighted by molar-refractivity contribution is 6.30. The number of carbonyl (C=O) groups is 1. The number of nitrogens with one attached hydrogen (secondary N) is 1. The van der Waals surface area contributed by atoms with Crippen molar-refractivity contribution in [1.29, 1.82) is 0 Å². The van der Waals surface area contributed by atoms with Crippen LogP contribution in [0.1, 0.15) is 44.4 Å². The summed E-state index contributed by atoms with van der Waals surface area (Å²) in [6.07, 6.45) is 1.70. The number of amidine groups is 1. The van der Waals surface area contributed by atoms with Crippen LogP contribution >= 0.6 is 11.6 Å². The second kappa shape index (κ2) is 6.25. The van der Waals surface area contributed by atoms with E-state index in [0.717, 1.165) is 11.1 Å². The Bertz CT molecular complexity index is 879. The molecule has 0 fully saturated rings. The predicted molar refractivity (Wildman–Crippen MR) is 103 cm³/mol. The van der Waals surface area contributed by atoms with Crippen molar-refractivity contribution in [1.82, 2.24) is 5.32 Å². The zero-order valence-corrected chi connectivity index (χ0v) is 16.4. The zero-order chi connectivity index (χ0) is 19.3. The molecule has 0 spiro atoms. The number of carbonyl (C=O) groups excluding carboxylic acids is 1. The molecule has 0 bridgehead atoms. The van der Waals surface area contributed by atoms with Gasteiger partial charge in [-0.05, 0) is 51.8 Å². The van der Waals surface area contributed by atoms with E-state index in [1.54, 1.807) is 33.9 Å². The van der Waals surface area contributed by atoms with Crippen LogP contribution < -0.4 is 5.32 Å². The number of hydrogen-bond donors (Lipinski definition) is 2. The summed E-state index contributed by atoms with van der Waals surface area (Å²) in [4.78, 5) is 17.4. The number of benzene rings is 1. The maximum absolute atomic E-state index is 13.0. The van der Waals surface area contributed by atoms with E-state index in [1.807, 2.05) is 25.1 Å². The minimum atomic E-state index is -1.02. The number of aliphatic hydroxyl groups excluding tert-OH is 1. The van der Waals surface area contributed by atoms with Crippen LogP contribution in [0.4, 0.5) is 0 Å². The Morgan fingerprint density at radius 2 is 1.92 bits per heavy atom. The van der Waals surface area contributed by atoms with E-state index in [0.29, 0.717) is 28.5 Å². The first kappa shape index (κ1) is 18.7. The number of halogens is 1. The highest BCUT2D eigenvalue weighted by atomic mass is 35.5. The van der Waals surface area contributed by atoms with Crippen molar-refractivity contribution in [2.24, 2.45) is 4.99 Å². The maximum atomic E-state index is 13.0. The number of ketones is 1. The molecule has 0 saturated carbocycles. The number of aliphatic hydroxyl groups is 1. The Balaban J connectivity index is 2.14. The van der Waals surface area contributed by atoms with Crippen molar-refractivity contribution in [2.45, 2.75) is 45.8 Å². The number of aryl methyl sites for hydroxylation is 1. The van der Waals surface area contributed by atoms with Gasteiger partial charge in [-0.1, -0.05) is 23.7 Å². The quantitative estimate of drug-likeness (QED) is 0.824. The molecular formula is C20H23ClN2O3. The second-order valence-electron chi connectivity index (χ2n) is 7.61. The van der Waals surface area contributed by atoms with Gasteiger partial charge in [-0.3, -0.25) is 9.79 Å². The summed E-state index contributed by atoms with van der Waals surface area (Å²) >= 11 is 5.94. The molecule has 0 radical (unpaired) electrons. The topological polar surface area (TPSA) is 70.9 Å². The molecule has 1 aromatic rings. The van der Waals surface area contributed by atoms with E-state index in [2.05, 4.69) is 10.3 Å². The van der Waals surface area contributed by atoms with Crippen molar-refractivity contribution in [3.8, 4) is 0 Å². The summed E-state index contributed by atoms with van der Waals surface area (Å²) in [5.74, 6) is 0.383. The lowest BCUT2D eigenvalue weighted by atomic mass is 9.81. The lowest BCUT2D eigenvalue weighted by molar-refractivity contribution is -0.158. The average Bonchev–Trinajstić information content (AvgIpc) is 2.55. The Labute approximate surface area is 158 Å². The Hall–Kier alpha value is -2.11. The van der Waals surface area contributed by atoms with Crippen LogP contribution in [0.3, 0.4) is 0 Å². The van der Waals surface area contributed by atoms with Crippen LogP contribution in [0.15, 0.2) is 40.2 Å². The summed E-state index contributed by atoms with van der Waals surface area (Å²) in [7, 11) is 0. The van der Waals surface area contributed by atoms with Gasteiger partial charge in [0.1, 0.15) is 22.8 Å². The molecule has 3 rings (SSSR count). The molecule has 2 N–H and O–H groups in total. The largest absolute Gasteiger partial charge is 0.508 e. The van der Waals surface area contributed by atoms with Gasteiger partial charge in [0.15, 0.2) is 5.78 Å². The Morgan fingerprint density at radius 1 is 1.23 bits per heavy atom. The van der Waals surface area contributed by atoms with Crippen LogP contribution in [0.2, 0.25) is 0 Å². The number of Topliss-reactive ketones (excluding diaryl/α,β-unsaturated/α-hetero) is 1. The fourth-order valence-electron chi connectivity index (χ4n) is 3.30. The van der Waals surface area contributed by atoms with Crippen molar-refractivity contribution < 1.29 is 14.6 Å². The highest BCUT2D eigenvalue weighted by Crippen LogP contribution is 2.40. The number of ether oxygens (including phenoxy) is 1. The van der Waals surface area contributed by atoms with Crippen LogP contribution in [0.25, 0.3) is 5.57 Å². The molecule has 138 valence electrons. The highest BCUT2D eigenvalue weighted by Gasteiger charge is 2.47. The number of hydrogen-bond acceptors (Lipinski definition) is 5. The molecule has 2 heterocycles. The van der Waals surface area contributed by atoms with E-state index >= 15 is 0 Å². The van der Waals surface area contributed by atoms with Gasteiger partial charge in [0.05, 0.1) is 17.2 Å². The predicted octanol–water partition coefficient (Wildman–Crippen LogP) is 3.85. The van der Waals surface area contributed by atoms with Gasteiger partial charge in [0.2, 0.25) is 0 Å². The fraction of sp³-hybridized carbons (Fsp3) is 0.400. The lowest BCUT2D eigenvalue weighted by Gasteiger charge is -2.40. The van der Waals surface area contributed by atoms with Crippen LogP contribution in [-0.2, 0) is 9.53 Å². The average molecular weight is 375 g/mol. The molecule has 0 amide bonds. The molecule has 0 aliphatic carbocycles. The molecule has 0 saturated heterocycles. The monoisotopic (exact) mass is 374 g/mol. The lowest BCUT2D eigenvalue weighted by Crippen LogP contribution is -2.49. The molecule has 26 heavy (non-hydrogen) atoms. The fourth-order valence-corrected chi connectivity index (χ4v) is 3.41. The molecule has 1 aromatic carbocycles. The van der Waals surface area contributed by atoms with E-state index in [1.165, 1.54) is 0 Å². The first-order valence-electron chi connectivity index (χ1n) is 8.48. The van der Waals surface area contributed by atoms with Gasteiger partial charge < -0.3 is 15.2 Å². The second-order valence-corrected chi connectivity index (χ2v) is 8.09. The summed E-state index contributed by atoms with van der Waals surface area (Å²) in [6, 6.07) is 5.71. The van der Waals surface area contributed by atoms with Gasteiger partial charge in [0.25, 0.3) is 0 Å². The molecule has 0 unspecified atom stereocenters. The minimum absolute atomic E-state index is 0.0523. The number of nitrogens with zero attached hydrogens (tertiary/aromatic N) is 1. The SMILES string of the molecule is Cc1ccc(C2=NCC(Cl)=CN2)cc1C1=C(O)C(C)(C)OC(C)(C)C1=O. The number of aliphatic imine (C=N–C) groups is 1. The maximum Gasteiger partial charge on any atom is 0.198 e. The third kappa shape index (κ3) is 3.17. The van der Waals surface area contributed by atoms with Gasteiger partial charge in [0, 0.05) is 11.8 Å². The van der Waals surface area contributed by atoms with Crippen LogP contribution in [-0.4, -0.2) is 34.5 Å². The van der Waals surface area contributed by atoms with Crippen LogP contribution in [0, 0.1) is 6.92 Å². The van der Waals surface area contributed by atoms with Crippen LogP contribution in [0.5, 0.6) is 0 Å². The summed E-state index contributed by atoms with van der Waals surface area (Å²) in [6.45, 7) is 9.29. The van der Waals surface area contributed by atoms with Crippen molar-refractivity contribution >= 4 is 28.8 Å². The third-order valence-electron chi connectivity index (χ3n) is 4.63. The molecule has 6 heteroatoms. The summed E-state index contributed by atoms with van der Waals surface area (Å²) < 4.78 is 5.82. The molecule has 2 aliphatic rings. The first-order valence-corrected chi connectivity index (χ1v) is 8.86. The normalized spacial score (nSPS) is 21.8. The molecule has 2 aliphatic heterocycles. The van der Waals surface area contributed by atoms with Gasteiger partial charge in [-0.2, -0.15) is 0 Å². The van der Waals surface area contributed by atoms with Gasteiger partial charge >= 0.3 is 0 Å². The Kier molecular flexibility index (Phi) is 4.49. The van der Waals surface area contributed by atoms with E-state index in [9.17, 15) is 9.90 Å². The van der Waals surface area contributed by atoms with Crippen molar-refractivity contribution in [2.75, 3.05) is 6.54 Å². The molecule has 0 aromatic heterocycles. The van der Waals surface area contributed by atoms with Gasteiger partial charge in [-0.15, -0.1) is 0 Å². The third-order valence-corrected chi connectivity index (χ3v) is 4.85. The standard InChI is InChI=1S/C20H23ClN2O3/c1-11-6-7-12(18-22-9-13(21)10-23-18)8-14(11)15-16(24)19(2,3)26-20(4,5)17(15)25/h6-9,24H,10H2,1-5H3,(H,22,23). The summed E-state index contributed by atoms with van der Waals surface area (Å²) in [5, 5.41) is 14.5. The zero-order valence-electron chi connectivity index (χ0n) is 15.6.